The fourth-order valence-corrected chi connectivity index (χ4v) is 3.36. The molecule has 0 radical (unpaired) electrons. The van der Waals surface area contributed by atoms with Crippen LogP contribution in [0.4, 0.5) is 17.3 Å². The van der Waals surface area contributed by atoms with Gasteiger partial charge in [-0.3, -0.25) is 0 Å². The summed E-state index contributed by atoms with van der Waals surface area (Å²) in [7, 11) is 1.63. The standard InChI is InChI=1S/C13H13Br3N4O/c1-3-17-12-11(16)13(19-6-18-12)20-9-5-10(21-2)8(15)4-7(9)14/h4-6H,3H2,1-2H3,(H2,17,18,19,20). The maximum Gasteiger partial charge on any atom is 0.150 e. The van der Waals surface area contributed by atoms with Crippen molar-refractivity contribution in [2.75, 3.05) is 24.3 Å². The van der Waals surface area contributed by atoms with Crippen LogP contribution in [-0.4, -0.2) is 23.6 Å². The normalized spacial score (nSPS) is 10.3. The van der Waals surface area contributed by atoms with Crippen LogP contribution in [0, 0.1) is 0 Å². The van der Waals surface area contributed by atoms with Crippen LogP contribution in [0.25, 0.3) is 0 Å². The summed E-state index contributed by atoms with van der Waals surface area (Å²) in [4.78, 5) is 8.44. The molecule has 112 valence electrons. The first-order valence-electron chi connectivity index (χ1n) is 6.11. The number of nitrogens with zero attached hydrogens (tertiary/aromatic N) is 2. The van der Waals surface area contributed by atoms with E-state index in [-0.39, 0.29) is 0 Å². The van der Waals surface area contributed by atoms with Crippen molar-refractivity contribution in [2.45, 2.75) is 6.92 Å². The molecule has 1 aromatic carbocycles. The van der Waals surface area contributed by atoms with Gasteiger partial charge in [-0.1, -0.05) is 0 Å². The number of rotatable bonds is 5. The number of hydrogen-bond donors (Lipinski definition) is 2. The summed E-state index contributed by atoms with van der Waals surface area (Å²) < 4.78 is 7.85. The number of hydrogen-bond acceptors (Lipinski definition) is 5. The Hall–Kier alpha value is -0.860. The van der Waals surface area contributed by atoms with Crippen LogP contribution in [0.1, 0.15) is 6.92 Å². The van der Waals surface area contributed by atoms with E-state index in [1.807, 2.05) is 19.1 Å². The topological polar surface area (TPSA) is 59.1 Å². The van der Waals surface area contributed by atoms with E-state index in [0.717, 1.165) is 37.2 Å². The highest BCUT2D eigenvalue weighted by Gasteiger charge is 2.12. The van der Waals surface area contributed by atoms with Gasteiger partial charge in [-0.2, -0.15) is 0 Å². The average Bonchev–Trinajstić information content (AvgIpc) is 2.46. The summed E-state index contributed by atoms with van der Waals surface area (Å²) >= 11 is 10.5. The number of aromatic nitrogens is 2. The number of benzene rings is 1. The fraction of sp³-hybridized carbons (Fsp3) is 0.231. The lowest BCUT2D eigenvalue weighted by Crippen LogP contribution is -2.04. The molecule has 0 saturated heterocycles. The molecule has 0 bridgehead atoms. The van der Waals surface area contributed by atoms with Crippen molar-refractivity contribution < 1.29 is 4.74 Å². The summed E-state index contributed by atoms with van der Waals surface area (Å²) in [5.74, 6) is 2.15. The lowest BCUT2D eigenvalue weighted by molar-refractivity contribution is 0.412. The molecule has 2 rings (SSSR count). The SMILES string of the molecule is CCNc1ncnc(Nc2cc(OC)c(Br)cc2Br)c1Br. The van der Waals surface area contributed by atoms with Gasteiger partial charge >= 0.3 is 0 Å². The van der Waals surface area contributed by atoms with Crippen LogP contribution in [0.15, 0.2) is 31.9 Å². The van der Waals surface area contributed by atoms with Gasteiger partial charge in [-0.15, -0.1) is 0 Å². The minimum Gasteiger partial charge on any atom is -0.495 e. The maximum absolute atomic E-state index is 5.31. The van der Waals surface area contributed by atoms with Gasteiger partial charge in [0.05, 0.1) is 17.3 Å². The zero-order valence-corrected chi connectivity index (χ0v) is 16.1. The largest absolute Gasteiger partial charge is 0.495 e. The Morgan fingerprint density at radius 1 is 1.10 bits per heavy atom. The Labute approximate surface area is 148 Å². The van der Waals surface area contributed by atoms with E-state index in [9.17, 15) is 0 Å². The first kappa shape index (κ1) is 16.5. The molecule has 0 unspecified atom stereocenters. The van der Waals surface area contributed by atoms with E-state index in [0.29, 0.717) is 5.82 Å². The third-order valence-corrected chi connectivity index (χ3v) is 4.66. The third kappa shape index (κ3) is 3.87. The Morgan fingerprint density at radius 2 is 1.81 bits per heavy atom. The average molecular weight is 481 g/mol. The van der Waals surface area contributed by atoms with E-state index in [1.54, 1.807) is 7.11 Å². The minimum absolute atomic E-state index is 0.672. The summed E-state index contributed by atoms with van der Waals surface area (Å²) in [5, 5.41) is 6.42. The van der Waals surface area contributed by atoms with Gasteiger partial charge in [-0.25, -0.2) is 9.97 Å². The summed E-state index contributed by atoms with van der Waals surface area (Å²) in [6.45, 7) is 2.79. The molecule has 2 N–H and O–H groups in total. The molecule has 0 amide bonds. The molecular weight excluding hydrogens is 468 g/mol. The predicted octanol–water partition coefficient (Wildman–Crippen LogP) is 4.95. The van der Waals surface area contributed by atoms with Crippen LogP contribution in [0.3, 0.4) is 0 Å². The molecule has 5 nitrogen and oxygen atoms in total. The summed E-state index contributed by atoms with van der Waals surface area (Å²) in [5.41, 5.74) is 0.844. The number of methoxy groups -OCH3 is 1. The monoisotopic (exact) mass is 478 g/mol. The first-order chi connectivity index (χ1) is 10.1. The molecule has 8 heteroatoms. The van der Waals surface area contributed by atoms with E-state index in [4.69, 9.17) is 4.74 Å². The highest BCUT2D eigenvalue weighted by molar-refractivity contribution is 9.11. The molecule has 0 aliphatic carbocycles. The number of halogens is 3. The molecule has 2 aromatic rings. The van der Waals surface area contributed by atoms with Crippen LogP contribution < -0.4 is 15.4 Å². The second-order valence-corrected chi connectivity index (χ2v) is 6.51. The van der Waals surface area contributed by atoms with Gasteiger partial charge in [0, 0.05) is 17.1 Å². The number of nitrogens with one attached hydrogen (secondary N) is 2. The highest BCUT2D eigenvalue weighted by atomic mass is 79.9. The Balaban J connectivity index is 2.36. The van der Waals surface area contributed by atoms with Crippen molar-refractivity contribution in [3.05, 3.63) is 31.9 Å². The molecule has 1 aromatic heterocycles. The quantitative estimate of drug-likeness (QED) is 0.634. The van der Waals surface area contributed by atoms with E-state index >= 15 is 0 Å². The van der Waals surface area contributed by atoms with Crippen LogP contribution in [0.5, 0.6) is 5.75 Å². The summed E-state index contributed by atoms with van der Waals surface area (Å²) in [6.07, 6.45) is 1.51. The Morgan fingerprint density at radius 3 is 2.48 bits per heavy atom. The zero-order valence-electron chi connectivity index (χ0n) is 11.4. The van der Waals surface area contributed by atoms with Crippen molar-refractivity contribution >= 4 is 65.1 Å². The molecule has 21 heavy (non-hydrogen) atoms. The molecule has 0 aliphatic rings. The third-order valence-electron chi connectivity index (χ3n) is 2.63. The zero-order chi connectivity index (χ0) is 15.4. The van der Waals surface area contributed by atoms with Crippen molar-refractivity contribution in [3.8, 4) is 5.75 Å². The van der Waals surface area contributed by atoms with Crippen molar-refractivity contribution in [1.82, 2.24) is 9.97 Å². The van der Waals surface area contributed by atoms with Crippen LogP contribution >= 0.6 is 47.8 Å². The van der Waals surface area contributed by atoms with E-state index in [2.05, 4.69) is 68.4 Å². The molecule has 0 fully saturated rings. The second-order valence-electron chi connectivity index (χ2n) is 4.01. The van der Waals surface area contributed by atoms with Crippen LogP contribution in [-0.2, 0) is 0 Å². The lowest BCUT2D eigenvalue weighted by Gasteiger charge is -2.13. The molecule has 0 spiro atoms. The van der Waals surface area contributed by atoms with Gasteiger partial charge in [0.15, 0.2) is 0 Å². The van der Waals surface area contributed by atoms with Gasteiger partial charge in [0.25, 0.3) is 0 Å². The van der Waals surface area contributed by atoms with Crippen LogP contribution in [0.2, 0.25) is 0 Å². The molecule has 0 atom stereocenters. The molecule has 1 heterocycles. The first-order valence-corrected chi connectivity index (χ1v) is 8.49. The van der Waals surface area contributed by atoms with Gasteiger partial charge in [-0.05, 0) is 60.8 Å². The van der Waals surface area contributed by atoms with Crippen molar-refractivity contribution in [3.63, 3.8) is 0 Å². The molecular formula is C13H13Br3N4O. The maximum atomic E-state index is 5.31. The molecule has 0 aliphatic heterocycles. The predicted molar refractivity (Wildman–Crippen MR) is 95.6 cm³/mol. The Kier molecular flexibility index (Phi) is 5.83. The Bertz CT molecular complexity index is 652. The second kappa shape index (κ2) is 7.42. The van der Waals surface area contributed by atoms with Gasteiger partial charge < -0.3 is 15.4 Å². The number of anilines is 3. The fourth-order valence-electron chi connectivity index (χ4n) is 1.66. The van der Waals surface area contributed by atoms with E-state index in [1.165, 1.54) is 6.33 Å². The number of ether oxygens (including phenoxy) is 1. The summed E-state index contributed by atoms with van der Waals surface area (Å²) in [6, 6.07) is 3.80. The molecule has 0 saturated carbocycles. The van der Waals surface area contributed by atoms with Gasteiger partial charge in [0.2, 0.25) is 0 Å². The van der Waals surface area contributed by atoms with Gasteiger partial charge in [0.1, 0.15) is 28.2 Å². The highest BCUT2D eigenvalue weighted by Crippen LogP contribution is 2.37. The smallest absolute Gasteiger partial charge is 0.150 e. The van der Waals surface area contributed by atoms with Crippen molar-refractivity contribution in [2.24, 2.45) is 0 Å². The van der Waals surface area contributed by atoms with E-state index < -0.39 is 0 Å². The lowest BCUT2D eigenvalue weighted by atomic mass is 10.3. The minimum atomic E-state index is 0.672. The van der Waals surface area contributed by atoms with Crippen molar-refractivity contribution in [1.29, 1.82) is 0 Å².